The van der Waals surface area contributed by atoms with Crippen LogP contribution in [0, 0.1) is 70.5 Å². The molecule has 15 saturated carbocycles. The van der Waals surface area contributed by atoms with Crippen LogP contribution in [-0.2, 0) is 0 Å². The summed E-state index contributed by atoms with van der Waals surface area (Å²) in [6.45, 7) is 10.2. The quantitative estimate of drug-likeness (QED) is 0.235. The van der Waals surface area contributed by atoms with Gasteiger partial charge in [-0.2, -0.15) is 11.8 Å². The standard InChI is InChI=1S/C84H138B2N4S/c1-84(2,3)55-47-75-82-76(48-55)90(60-34-17-8-18-35-60)74-52-78-71(51-70(74)85(82)68-40-19-20-41-72(68)88(75)58-30-13-6-14-31-58)86-69-45-42-54(62-43-44-67-65-37-22-25-53-24-21-36-64(80(53)65)66-39-23-38-63(62)81(66)67)46-73(69)89(59-32-15-7-16-33-59)77-49-61(50-79(91-78)83(77)86)87(56-26-9-4-10-27-56)57-28-11-5-12-29-57/h53-83H,4-52H2,1-3H3/t53-,54-,55+,61?,62-,63?,64+,65-,66?,67?,68?,69+,70+,71-,72+,73?,74?,75-,76+,77?,78?,79?,80?,81-,82?,83+/m0/s1. The molecule has 0 radical (unpaired) electrons. The minimum absolute atomic E-state index is 0.397. The molecule has 4 aliphatic heterocycles. The van der Waals surface area contributed by atoms with Crippen LogP contribution in [0.2, 0.25) is 34.9 Å². The van der Waals surface area contributed by atoms with E-state index >= 15 is 0 Å². The van der Waals surface area contributed by atoms with Crippen LogP contribution in [0.25, 0.3) is 0 Å². The van der Waals surface area contributed by atoms with Gasteiger partial charge in [0.05, 0.1) is 0 Å². The van der Waals surface area contributed by atoms with Gasteiger partial charge >= 0.3 is 0 Å². The molecule has 0 aromatic rings. The molecule has 0 aromatic heterocycles. The lowest BCUT2D eigenvalue weighted by molar-refractivity contribution is -0.158. The van der Waals surface area contributed by atoms with Crippen molar-refractivity contribution in [2.45, 2.75) is 453 Å². The lowest BCUT2D eigenvalue weighted by Crippen LogP contribution is -2.76. The number of hydrogen-bond donors (Lipinski definition) is 0. The van der Waals surface area contributed by atoms with E-state index in [-0.39, 0.29) is 0 Å². The molecule has 15 aliphatic carbocycles. The Morgan fingerprint density at radius 1 is 0.297 bits per heavy atom. The van der Waals surface area contributed by atoms with Crippen molar-refractivity contribution in [3.8, 4) is 0 Å². The van der Waals surface area contributed by atoms with Gasteiger partial charge in [0.25, 0.3) is 0 Å². The number of nitrogens with zero attached hydrogens (tertiary/aromatic N) is 4. The first-order valence-corrected chi connectivity index (χ1v) is 44.5. The van der Waals surface area contributed by atoms with Crippen LogP contribution in [0.3, 0.4) is 0 Å². The molecular weight excluding hydrogens is 1120 g/mol. The van der Waals surface area contributed by atoms with Crippen LogP contribution in [0.15, 0.2) is 0 Å². The second kappa shape index (κ2) is 25.7. The van der Waals surface area contributed by atoms with Crippen molar-refractivity contribution < 1.29 is 0 Å². The summed E-state index contributed by atoms with van der Waals surface area (Å²) in [6.07, 6.45) is 76.7. The van der Waals surface area contributed by atoms with Gasteiger partial charge in [0.2, 0.25) is 0 Å². The predicted molar refractivity (Wildman–Crippen MR) is 386 cm³/mol. The van der Waals surface area contributed by atoms with Crippen LogP contribution in [0.4, 0.5) is 0 Å². The third-order valence-electron chi connectivity index (χ3n) is 36.1. The number of rotatable bonds is 7. The molecule has 19 rings (SSSR count). The van der Waals surface area contributed by atoms with E-state index in [1.54, 1.807) is 161 Å². The first-order valence-electron chi connectivity index (χ1n) is 43.6. The fraction of sp³-hybridized carbons (Fsp3) is 1.00. The monoisotopic (exact) mass is 1260 g/mol. The summed E-state index contributed by atoms with van der Waals surface area (Å²) in [4.78, 5) is 14.4. The zero-order valence-electron chi connectivity index (χ0n) is 59.4. The number of fused-ring (bicyclic) bond motifs is 10. The van der Waals surface area contributed by atoms with E-state index < -0.39 is 0 Å². The molecule has 26 atom stereocenters. The molecule has 19 aliphatic rings. The highest BCUT2D eigenvalue weighted by atomic mass is 32.2. The van der Waals surface area contributed by atoms with Gasteiger partial charge < -0.3 is 0 Å². The first-order chi connectivity index (χ1) is 44.8. The molecule has 12 unspecified atom stereocenters. The Morgan fingerprint density at radius 2 is 0.769 bits per heavy atom. The van der Waals surface area contributed by atoms with Crippen molar-refractivity contribution in [1.82, 2.24) is 19.6 Å². The van der Waals surface area contributed by atoms with E-state index in [4.69, 9.17) is 0 Å². The average Bonchev–Trinajstić information content (AvgIpc) is 0.699. The van der Waals surface area contributed by atoms with E-state index in [2.05, 4.69) is 52.1 Å². The van der Waals surface area contributed by atoms with Crippen molar-refractivity contribution in [3.05, 3.63) is 0 Å². The lowest BCUT2D eigenvalue weighted by Gasteiger charge is -2.72. The molecule has 506 valence electrons. The summed E-state index contributed by atoms with van der Waals surface area (Å²) >= 11 is 2.83. The molecule has 0 spiro atoms. The van der Waals surface area contributed by atoms with Gasteiger partial charge in [-0.15, -0.1) is 0 Å². The zero-order chi connectivity index (χ0) is 60.2. The van der Waals surface area contributed by atoms with E-state index in [1.165, 1.54) is 154 Å². The van der Waals surface area contributed by atoms with Crippen LogP contribution in [0.1, 0.15) is 335 Å². The molecule has 0 N–H and O–H groups in total. The van der Waals surface area contributed by atoms with Gasteiger partial charge in [0, 0.05) is 83.0 Å². The molecule has 4 heterocycles. The zero-order valence-corrected chi connectivity index (χ0v) is 60.2. The fourth-order valence-electron chi connectivity index (χ4n) is 33.5. The van der Waals surface area contributed by atoms with Gasteiger partial charge in [0.15, 0.2) is 13.4 Å². The summed E-state index contributed by atoms with van der Waals surface area (Å²) in [5.74, 6) is 17.8. The Hall–Kier alpha value is 0.320. The van der Waals surface area contributed by atoms with Crippen LogP contribution in [0.5, 0.6) is 0 Å². The Labute approximate surface area is 565 Å². The second-order valence-electron chi connectivity index (χ2n) is 40.1. The maximum absolute atomic E-state index is 3.72. The van der Waals surface area contributed by atoms with Gasteiger partial charge in [-0.1, -0.05) is 188 Å². The van der Waals surface area contributed by atoms with E-state index in [9.17, 15) is 0 Å². The van der Waals surface area contributed by atoms with Gasteiger partial charge in [-0.3, -0.25) is 19.6 Å². The SMILES string of the molecule is CC(C)(C)[C@H]1C[C@@H]2C3B(C4CCCC[C@H]4N(C4CCCCC4)[C@H]3C1)[C@@H]1C[C@@H]3B4[C@H]5C(CC(N(C6CCCCC6)C6CCCCC6)CC5N(C5CCCCC5)C5C[C@@H]([C@@H]6CCC7[C@@H]8CCC[C@@H]9CCC[C@@H](C98)C8CCCC6[C@H]78)CC[C@@H]45)SC3CC1N2C1CCCCC1. The van der Waals surface area contributed by atoms with Crippen LogP contribution in [-0.4, -0.2) is 116 Å². The van der Waals surface area contributed by atoms with Gasteiger partial charge in [-0.25, -0.2) is 0 Å². The van der Waals surface area contributed by atoms with Crippen LogP contribution >= 0.6 is 11.8 Å². The molecule has 4 saturated heterocycles. The molecule has 0 bridgehead atoms. The lowest BCUT2D eigenvalue weighted by atomic mass is 9.15. The Morgan fingerprint density at radius 3 is 1.37 bits per heavy atom. The summed E-state index contributed by atoms with van der Waals surface area (Å²) in [5, 5.41) is 1.82. The highest BCUT2D eigenvalue weighted by Gasteiger charge is 2.71. The topological polar surface area (TPSA) is 13.0 Å². The summed E-state index contributed by atoms with van der Waals surface area (Å²) in [5.41, 5.74) is 0.397. The highest BCUT2D eigenvalue weighted by Crippen LogP contribution is 2.73. The maximum atomic E-state index is 3.72. The Kier molecular flexibility index (Phi) is 17.6. The molecule has 7 heteroatoms. The van der Waals surface area contributed by atoms with E-state index in [1.807, 2.05) is 0 Å². The van der Waals surface area contributed by atoms with E-state index in [0.717, 1.165) is 196 Å². The third kappa shape index (κ3) is 10.6. The largest absolute Gasteiger partial charge is 0.295 e. The molecule has 0 amide bonds. The minimum atomic E-state index is 0.397. The minimum Gasteiger partial charge on any atom is -0.295 e. The van der Waals surface area contributed by atoms with Crippen molar-refractivity contribution in [3.63, 3.8) is 0 Å². The first kappa shape index (κ1) is 62.3. The smallest absolute Gasteiger partial charge is 0.156 e. The molecule has 91 heavy (non-hydrogen) atoms. The van der Waals surface area contributed by atoms with Crippen molar-refractivity contribution in [2.24, 2.45) is 70.5 Å². The number of thioether (sulfide) groups is 1. The summed E-state index contributed by atoms with van der Waals surface area (Å²) < 4.78 is 0. The highest BCUT2D eigenvalue weighted by molar-refractivity contribution is 8.00. The summed E-state index contributed by atoms with van der Waals surface area (Å²) in [7, 11) is 0. The number of hydrogen-bond acceptors (Lipinski definition) is 5. The Bertz CT molecular complexity index is 2430. The third-order valence-corrected chi connectivity index (χ3v) is 37.8. The van der Waals surface area contributed by atoms with Gasteiger partial charge in [0.1, 0.15) is 0 Å². The average molecular weight is 1260 g/mol. The van der Waals surface area contributed by atoms with Crippen molar-refractivity contribution in [2.75, 3.05) is 0 Å². The van der Waals surface area contributed by atoms with E-state index in [0.29, 0.717) is 5.41 Å². The van der Waals surface area contributed by atoms with Crippen molar-refractivity contribution in [1.29, 1.82) is 0 Å². The maximum Gasteiger partial charge on any atom is 0.156 e. The summed E-state index contributed by atoms with van der Waals surface area (Å²) in [6, 6.07) is 10.4. The van der Waals surface area contributed by atoms with Crippen molar-refractivity contribution >= 4 is 25.2 Å². The van der Waals surface area contributed by atoms with Crippen LogP contribution < -0.4 is 0 Å². The second-order valence-corrected chi connectivity index (χ2v) is 41.6. The normalized spacial score (nSPS) is 50.5. The molecule has 0 aromatic carbocycles. The Balaban J connectivity index is 0.716. The predicted octanol–water partition coefficient (Wildman–Crippen LogP) is 21.5. The molecule has 19 fully saturated rings. The molecular formula is C84H138B2N4S. The molecule has 4 nitrogen and oxygen atoms in total. The fourth-order valence-corrected chi connectivity index (χ4v) is 35.6. The van der Waals surface area contributed by atoms with Gasteiger partial charge in [-0.05, 0) is 253 Å².